The molecule has 20 atom stereocenters. The Labute approximate surface area is 336 Å². The number of cyclic esters (lactones) is 1. The van der Waals surface area contributed by atoms with E-state index in [2.05, 4.69) is 13.8 Å². The van der Waals surface area contributed by atoms with Crippen LogP contribution in [0.2, 0.25) is 0 Å². The summed E-state index contributed by atoms with van der Waals surface area (Å²) in [4.78, 5) is 23.4. The van der Waals surface area contributed by atoms with Crippen molar-refractivity contribution in [2.24, 2.45) is 34.5 Å². The summed E-state index contributed by atoms with van der Waals surface area (Å²) >= 11 is 0. The number of rotatable bonds is 8. The van der Waals surface area contributed by atoms with Crippen LogP contribution in [0.1, 0.15) is 119 Å². The molecule has 14 heteroatoms. The van der Waals surface area contributed by atoms with Crippen LogP contribution in [0.5, 0.6) is 0 Å². The molecule has 8 aliphatic rings. The largest absolute Gasteiger partial charge is 0.458 e. The molecule has 322 valence electrons. The Balaban J connectivity index is 0.813. The van der Waals surface area contributed by atoms with Gasteiger partial charge >= 0.3 is 11.9 Å². The Kier molecular flexibility index (Phi) is 11.8. The van der Waals surface area contributed by atoms with Crippen LogP contribution in [0.4, 0.5) is 0 Å². The van der Waals surface area contributed by atoms with E-state index in [4.69, 9.17) is 37.9 Å². The first-order valence-electron chi connectivity index (χ1n) is 21.7. The summed E-state index contributed by atoms with van der Waals surface area (Å²) in [6.07, 6.45) is 1.78. The molecule has 3 saturated heterocycles. The molecule has 4 N–H and O–H groups in total. The lowest BCUT2D eigenvalue weighted by Gasteiger charge is -2.64. The molecular formula is C43H66O14. The van der Waals surface area contributed by atoms with Gasteiger partial charge in [0.2, 0.25) is 0 Å². The van der Waals surface area contributed by atoms with E-state index in [9.17, 15) is 30.0 Å². The van der Waals surface area contributed by atoms with Crippen molar-refractivity contribution in [1.82, 2.24) is 0 Å². The average molecular weight is 807 g/mol. The van der Waals surface area contributed by atoms with Gasteiger partial charge in [-0.2, -0.15) is 0 Å². The van der Waals surface area contributed by atoms with Crippen LogP contribution in [0.15, 0.2) is 11.6 Å². The second-order valence-corrected chi connectivity index (χ2v) is 19.3. The van der Waals surface area contributed by atoms with Crippen LogP contribution in [0.3, 0.4) is 0 Å². The van der Waals surface area contributed by atoms with E-state index in [1.807, 2.05) is 6.92 Å². The van der Waals surface area contributed by atoms with Crippen molar-refractivity contribution in [3.63, 3.8) is 0 Å². The highest BCUT2D eigenvalue weighted by Gasteiger charge is 2.68. The highest BCUT2D eigenvalue weighted by atomic mass is 16.7. The molecule has 7 fully saturated rings. The van der Waals surface area contributed by atoms with Crippen molar-refractivity contribution >= 4 is 11.9 Å². The summed E-state index contributed by atoms with van der Waals surface area (Å²) in [7, 11) is 0. The smallest absolute Gasteiger partial charge is 0.331 e. The number of aliphatic hydroxyl groups is 4. The molecule has 0 amide bonds. The summed E-state index contributed by atoms with van der Waals surface area (Å²) < 4.78 is 47.7. The average Bonchev–Trinajstić information content (AvgIpc) is 3.68. The standard InChI is InChI=1S/C43H66O14/c1-21-38(54-24(4)44)31(45)18-36(52-21)56-40-23(3)53-37(19-33(40)47)57-39-22(2)51-35(17-32(39)46)55-27-9-12-41(5)26(16-27)7-8-30-29(41)10-13-42(6)28(11-14-43(30,42)49)25-15-34(48)50-20-25/h15,21-23,26-33,35-40,45-47,49H,7-14,16-20H2,1-6H3/t21-,22-,23-,26-,27+,28-,29+,30-,31+,32+,33+,35+,36+,37+,38-,39-,40-,41+,42-,43+/m1/s1. The van der Waals surface area contributed by atoms with Crippen LogP contribution in [-0.2, 0) is 47.5 Å². The normalized spacial score (nSPS) is 52.6. The lowest BCUT2D eigenvalue weighted by Crippen LogP contribution is -2.62. The first-order chi connectivity index (χ1) is 27.0. The Morgan fingerprint density at radius 2 is 1.30 bits per heavy atom. The zero-order valence-corrected chi connectivity index (χ0v) is 34.5. The van der Waals surface area contributed by atoms with Gasteiger partial charge in [-0.25, -0.2) is 4.79 Å². The van der Waals surface area contributed by atoms with Crippen LogP contribution >= 0.6 is 0 Å². The predicted molar refractivity (Wildman–Crippen MR) is 201 cm³/mol. The molecule has 4 saturated carbocycles. The van der Waals surface area contributed by atoms with Crippen molar-refractivity contribution < 1.29 is 67.9 Å². The minimum atomic E-state index is -0.980. The molecular weight excluding hydrogens is 740 g/mol. The van der Waals surface area contributed by atoms with Gasteiger partial charge in [-0.15, -0.1) is 0 Å². The Bertz CT molecular complexity index is 1490. The maximum Gasteiger partial charge on any atom is 0.331 e. The molecule has 0 bridgehead atoms. The van der Waals surface area contributed by atoms with Crippen LogP contribution < -0.4 is 0 Å². The van der Waals surface area contributed by atoms with Gasteiger partial charge in [-0.05, 0) is 113 Å². The Morgan fingerprint density at radius 1 is 0.719 bits per heavy atom. The monoisotopic (exact) mass is 806 g/mol. The van der Waals surface area contributed by atoms with Crippen molar-refractivity contribution in [1.29, 1.82) is 0 Å². The maximum absolute atomic E-state index is 12.6. The molecule has 8 rings (SSSR count). The SMILES string of the molecule is CC(=O)O[C@H]1[C@@H](O)C[C@H](O[C@H]2[C@@H](O)C[C@H](O[C@H]3[C@@H](O)C[C@H](O[C@H]4CC[C@@]5(C)[C@H](CC[C@@H]6[C@@H]5CC[C@]5(C)[C@@H](C7=CC(=O)OC7)CC[C@]65O)C4)O[C@@H]3C)O[C@@H]2C)O[C@@H]1C. The van der Waals surface area contributed by atoms with E-state index in [0.29, 0.717) is 18.4 Å². The predicted octanol–water partition coefficient (Wildman–Crippen LogP) is 3.82. The fourth-order valence-corrected chi connectivity index (χ4v) is 13.1. The lowest BCUT2D eigenvalue weighted by atomic mass is 9.43. The lowest BCUT2D eigenvalue weighted by molar-refractivity contribution is -0.336. The van der Waals surface area contributed by atoms with Gasteiger partial charge in [-0.1, -0.05) is 13.8 Å². The van der Waals surface area contributed by atoms with E-state index >= 15 is 0 Å². The molecule has 0 radical (unpaired) electrons. The molecule has 4 heterocycles. The van der Waals surface area contributed by atoms with Gasteiger partial charge < -0.3 is 58.3 Å². The number of hydrogen-bond donors (Lipinski definition) is 4. The van der Waals surface area contributed by atoms with Crippen molar-refractivity contribution in [3.8, 4) is 0 Å². The zero-order chi connectivity index (χ0) is 40.6. The third-order valence-corrected chi connectivity index (χ3v) is 16.1. The highest BCUT2D eigenvalue weighted by Crippen LogP contribution is 2.70. The van der Waals surface area contributed by atoms with Crippen LogP contribution in [-0.4, -0.2) is 124 Å². The van der Waals surface area contributed by atoms with Gasteiger partial charge in [0.1, 0.15) is 18.8 Å². The van der Waals surface area contributed by atoms with E-state index in [1.54, 1.807) is 19.9 Å². The quantitative estimate of drug-likeness (QED) is 0.205. The zero-order valence-electron chi connectivity index (χ0n) is 34.5. The fraction of sp³-hybridized carbons (Fsp3) is 0.907. The topological polar surface area (TPSA) is 189 Å². The summed E-state index contributed by atoms with van der Waals surface area (Å²) in [5.41, 5.74) is 0.191. The van der Waals surface area contributed by atoms with Crippen LogP contribution in [0.25, 0.3) is 0 Å². The third kappa shape index (κ3) is 7.65. The van der Waals surface area contributed by atoms with E-state index in [1.165, 1.54) is 6.92 Å². The highest BCUT2D eigenvalue weighted by molar-refractivity contribution is 5.85. The Morgan fingerprint density at radius 3 is 1.84 bits per heavy atom. The molecule has 4 aliphatic heterocycles. The number of carbonyl (C=O) groups is 2. The molecule has 0 aromatic heterocycles. The van der Waals surface area contributed by atoms with Gasteiger partial charge in [-0.3, -0.25) is 4.79 Å². The molecule has 0 aromatic carbocycles. The van der Waals surface area contributed by atoms with Crippen molar-refractivity contribution in [2.75, 3.05) is 6.61 Å². The molecule has 0 spiro atoms. The first-order valence-corrected chi connectivity index (χ1v) is 21.7. The minimum Gasteiger partial charge on any atom is -0.458 e. The summed E-state index contributed by atoms with van der Waals surface area (Å²) in [6, 6.07) is 0. The molecule has 0 aromatic rings. The van der Waals surface area contributed by atoms with Gasteiger partial charge in [0.05, 0.1) is 48.3 Å². The molecule has 4 aliphatic carbocycles. The van der Waals surface area contributed by atoms with E-state index in [0.717, 1.165) is 63.4 Å². The summed E-state index contributed by atoms with van der Waals surface area (Å²) in [5, 5.41) is 45.6. The number of esters is 2. The third-order valence-electron chi connectivity index (χ3n) is 16.1. The second kappa shape index (κ2) is 16.0. The first kappa shape index (κ1) is 42.0. The number of carbonyl (C=O) groups excluding carboxylic acids is 2. The fourth-order valence-electron chi connectivity index (χ4n) is 13.1. The van der Waals surface area contributed by atoms with Crippen molar-refractivity contribution in [3.05, 3.63) is 11.6 Å². The molecule has 57 heavy (non-hydrogen) atoms. The minimum absolute atomic E-state index is 0.0144. The van der Waals surface area contributed by atoms with Gasteiger partial charge in [0, 0.05) is 37.7 Å². The van der Waals surface area contributed by atoms with Gasteiger partial charge in [0.15, 0.2) is 25.0 Å². The second-order valence-electron chi connectivity index (χ2n) is 19.3. The summed E-state index contributed by atoms with van der Waals surface area (Å²) in [6.45, 7) is 11.7. The number of aliphatic hydroxyl groups excluding tert-OH is 3. The van der Waals surface area contributed by atoms with E-state index in [-0.39, 0.29) is 54.0 Å². The maximum atomic E-state index is 12.6. The van der Waals surface area contributed by atoms with Crippen molar-refractivity contribution in [2.45, 2.75) is 204 Å². The van der Waals surface area contributed by atoms with E-state index < -0.39 is 85.4 Å². The number of hydrogen-bond acceptors (Lipinski definition) is 14. The molecule has 0 unspecified atom stereocenters. The Hall–Kier alpha value is -1.72. The number of ether oxygens (including phenoxy) is 8. The number of fused-ring (bicyclic) bond motifs is 5. The summed E-state index contributed by atoms with van der Waals surface area (Å²) in [5.74, 6) is 0.597. The van der Waals surface area contributed by atoms with Gasteiger partial charge in [0.25, 0.3) is 0 Å². The van der Waals surface area contributed by atoms with Crippen LogP contribution in [0, 0.1) is 34.5 Å². The molecule has 14 nitrogen and oxygen atoms in total.